The van der Waals surface area contributed by atoms with Crippen LogP contribution < -0.4 is 10.1 Å². The maximum absolute atomic E-state index is 13.6. The molecule has 1 N–H and O–H groups in total. The van der Waals surface area contributed by atoms with E-state index in [9.17, 15) is 9.18 Å². The molecule has 0 spiro atoms. The summed E-state index contributed by atoms with van der Waals surface area (Å²) in [7, 11) is 3.58. The lowest BCUT2D eigenvalue weighted by atomic mass is 9.93. The maximum Gasteiger partial charge on any atom is 0.253 e. The zero-order valence-electron chi connectivity index (χ0n) is 26.6. The molecule has 1 atom stereocenters. The Balaban J connectivity index is 1.09. The van der Waals surface area contributed by atoms with Crippen molar-refractivity contribution in [1.29, 1.82) is 0 Å². The minimum atomic E-state index is -0.230. The van der Waals surface area contributed by atoms with Crippen molar-refractivity contribution in [2.45, 2.75) is 37.8 Å². The lowest BCUT2D eigenvalue weighted by molar-refractivity contribution is 0.0782. The van der Waals surface area contributed by atoms with Crippen LogP contribution in [0.2, 0.25) is 0 Å². The topological polar surface area (TPSA) is 62.6 Å². The van der Waals surface area contributed by atoms with Gasteiger partial charge in [0.15, 0.2) is 0 Å². The molecule has 0 aliphatic carbocycles. The number of nitrogens with zero attached hydrogens (tertiary/aromatic N) is 4. The quantitative estimate of drug-likeness (QED) is 0.162. The van der Waals surface area contributed by atoms with Crippen molar-refractivity contribution in [1.82, 2.24) is 19.4 Å². The Labute approximate surface area is 270 Å². The van der Waals surface area contributed by atoms with Crippen LogP contribution in [-0.2, 0) is 6.54 Å². The minimum absolute atomic E-state index is 0.0332. The zero-order valence-corrected chi connectivity index (χ0v) is 26.6. The highest BCUT2D eigenvalue weighted by molar-refractivity contribution is 5.94. The van der Waals surface area contributed by atoms with Crippen LogP contribution in [-0.4, -0.2) is 71.6 Å². The highest BCUT2D eigenvalue weighted by atomic mass is 19.1. The molecule has 1 aromatic heterocycles. The Hall–Kier alpha value is -4.69. The third-order valence-corrected chi connectivity index (χ3v) is 9.05. The van der Waals surface area contributed by atoms with Gasteiger partial charge in [-0.25, -0.2) is 9.37 Å². The van der Waals surface area contributed by atoms with Crippen molar-refractivity contribution in [2.24, 2.45) is 0 Å². The number of fused-ring (bicyclic) bond motifs is 1. The third-order valence-electron chi connectivity index (χ3n) is 9.05. The Morgan fingerprint density at radius 1 is 0.978 bits per heavy atom. The first-order valence-electron chi connectivity index (χ1n) is 16.1. The van der Waals surface area contributed by atoms with Gasteiger partial charge in [0.25, 0.3) is 5.91 Å². The summed E-state index contributed by atoms with van der Waals surface area (Å²) < 4.78 is 21.3. The number of rotatable bonds is 12. The number of likely N-dealkylation sites (tertiary alicyclic amines) is 1. The number of piperidine rings is 1. The van der Waals surface area contributed by atoms with Gasteiger partial charge in [0.2, 0.25) is 5.95 Å². The largest absolute Gasteiger partial charge is 0.497 e. The Kier molecular flexibility index (Phi) is 9.94. The molecule has 1 aliphatic rings. The number of ether oxygens (including phenoxy) is 1. The van der Waals surface area contributed by atoms with E-state index in [1.165, 1.54) is 17.7 Å². The molecule has 0 radical (unpaired) electrons. The number of carbonyl (C=O) groups is 1. The van der Waals surface area contributed by atoms with Gasteiger partial charge in [-0.15, -0.1) is 0 Å². The minimum Gasteiger partial charge on any atom is -0.497 e. The Morgan fingerprint density at radius 2 is 1.72 bits per heavy atom. The van der Waals surface area contributed by atoms with E-state index in [4.69, 9.17) is 9.72 Å². The monoisotopic (exact) mass is 619 g/mol. The van der Waals surface area contributed by atoms with Crippen LogP contribution in [0.15, 0.2) is 103 Å². The standard InChI is InChI=1S/C38H42FN5O2/c1-42(37(45)29-9-4-3-5-10-29)27-31(30-11-8-12-34(25-30)46-2)19-22-43-23-20-33(21-24-43)40-38-41-35-13-6-7-14-36(35)44(38)26-28-15-17-32(39)18-16-28/h3-18,25,31,33H,19-24,26-27H2,1-2H3,(H,40,41). The van der Waals surface area contributed by atoms with E-state index in [1.54, 1.807) is 7.11 Å². The molecule has 1 saturated heterocycles. The summed E-state index contributed by atoms with van der Waals surface area (Å²) in [6, 6.07) is 32.9. The van der Waals surface area contributed by atoms with Gasteiger partial charge in [0, 0.05) is 44.2 Å². The van der Waals surface area contributed by atoms with Crippen molar-refractivity contribution in [3.63, 3.8) is 0 Å². The molecule has 0 saturated carbocycles. The summed E-state index contributed by atoms with van der Waals surface area (Å²) in [5.41, 5.74) is 4.93. The Bertz CT molecular complexity index is 1730. The van der Waals surface area contributed by atoms with E-state index < -0.39 is 0 Å². The first-order valence-corrected chi connectivity index (χ1v) is 16.1. The van der Waals surface area contributed by atoms with Crippen molar-refractivity contribution in [3.05, 3.63) is 126 Å². The van der Waals surface area contributed by atoms with Gasteiger partial charge in [0.1, 0.15) is 11.6 Å². The fraction of sp³-hybridized carbons (Fsp3) is 0.316. The molecule has 4 aromatic carbocycles. The number of amides is 1. The fourth-order valence-electron chi connectivity index (χ4n) is 6.41. The van der Waals surface area contributed by atoms with Gasteiger partial charge >= 0.3 is 0 Å². The molecule has 5 aromatic rings. The van der Waals surface area contributed by atoms with Crippen LogP contribution in [0.3, 0.4) is 0 Å². The number of hydrogen-bond acceptors (Lipinski definition) is 5. The van der Waals surface area contributed by atoms with Gasteiger partial charge in [-0.1, -0.05) is 54.6 Å². The number of para-hydroxylation sites is 2. The number of benzene rings is 4. The second kappa shape index (κ2) is 14.6. The first kappa shape index (κ1) is 31.3. The van der Waals surface area contributed by atoms with E-state index in [0.717, 1.165) is 67.2 Å². The van der Waals surface area contributed by atoms with Gasteiger partial charge in [-0.05, 0) is 85.5 Å². The zero-order chi connectivity index (χ0) is 31.9. The summed E-state index contributed by atoms with van der Waals surface area (Å²) in [5.74, 6) is 1.66. The summed E-state index contributed by atoms with van der Waals surface area (Å²) in [6.45, 7) is 4.17. The molecule has 46 heavy (non-hydrogen) atoms. The predicted octanol–water partition coefficient (Wildman–Crippen LogP) is 7.05. The average molecular weight is 620 g/mol. The highest BCUT2D eigenvalue weighted by Gasteiger charge is 2.24. The Morgan fingerprint density at radius 3 is 2.48 bits per heavy atom. The van der Waals surface area contributed by atoms with Crippen molar-refractivity contribution in [3.8, 4) is 5.75 Å². The molecule has 1 amide bonds. The maximum atomic E-state index is 13.6. The average Bonchev–Trinajstić information content (AvgIpc) is 3.44. The molecular weight excluding hydrogens is 577 g/mol. The molecule has 0 bridgehead atoms. The molecule has 6 rings (SSSR count). The number of halogens is 1. The SMILES string of the molecule is COc1cccc(C(CCN2CCC(Nc3nc4ccccc4n3Cc3ccc(F)cc3)CC2)CN(C)C(=O)c2ccccc2)c1. The highest BCUT2D eigenvalue weighted by Crippen LogP contribution is 2.28. The van der Waals surface area contributed by atoms with E-state index in [0.29, 0.717) is 24.7 Å². The number of methoxy groups -OCH3 is 1. The molecule has 2 heterocycles. The number of anilines is 1. The summed E-state index contributed by atoms with van der Waals surface area (Å²) in [6.07, 6.45) is 2.96. The number of carbonyl (C=O) groups excluding carboxylic acids is 1. The lowest BCUT2D eigenvalue weighted by Gasteiger charge is -2.34. The fourth-order valence-corrected chi connectivity index (χ4v) is 6.41. The van der Waals surface area contributed by atoms with E-state index in [-0.39, 0.29) is 17.6 Å². The number of aromatic nitrogens is 2. The smallest absolute Gasteiger partial charge is 0.253 e. The molecule has 1 unspecified atom stereocenters. The normalized spacial score (nSPS) is 14.7. The van der Waals surface area contributed by atoms with Crippen molar-refractivity contribution < 1.29 is 13.9 Å². The van der Waals surface area contributed by atoms with Gasteiger partial charge in [0.05, 0.1) is 24.7 Å². The first-order chi connectivity index (χ1) is 22.5. The summed E-state index contributed by atoms with van der Waals surface area (Å²) in [5, 5.41) is 3.74. The predicted molar refractivity (Wildman–Crippen MR) is 182 cm³/mol. The van der Waals surface area contributed by atoms with Crippen LogP contribution >= 0.6 is 0 Å². The molecular formula is C38H42FN5O2. The molecule has 7 nitrogen and oxygen atoms in total. The number of imidazole rings is 1. The van der Waals surface area contributed by atoms with E-state index >= 15 is 0 Å². The molecule has 238 valence electrons. The lowest BCUT2D eigenvalue weighted by Crippen LogP contribution is -2.40. The van der Waals surface area contributed by atoms with Gasteiger partial charge < -0.3 is 24.4 Å². The van der Waals surface area contributed by atoms with Gasteiger partial charge in [-0.2, -0.15) is 0 Å². The second-order valence-electron chi connectivity index (χ2n) is 12.2. The second-order valence-corrected chi connectivity index (χ2v) is 12.2. The number of hydrogen-bond donors (Lipinski definition) is 1. The van der Waals surface area contributed by atoms with Crippen molar-refractivity contribution in [2.75, 3.05) is 45.7 Å². The number of likely N-dealkylation sites (N-methyl/N-ethyl adjacent to an activating group) is 1. The van der Waals surface area contributed by atoms with E-state index in [1.807, 2.05) is 84.7 Å². The van der Waals surface area contributed by atoms with Crippen LogP contribution in [0.4, 0.5) is 10.3 Å². The molecule has 1 aliphatic heterocycles. The van der Waals surface area contributed by atoms with Crippen molar-refractivity contribution >= 4 is 22.9 Å². The van der Waals surface area contributed by atoms with Crippen LogP contribution in [0.1, 0.15) is 46.7 Å². The molecule has 1 fully saturated rings. The molecule has 8 heteroatoms. The summed E-state index contributed by atoms with van der Waals surface area (Å²) in [4.78, 5) is 22.5. The third kappa shape index (κ3) is 7.57. The number of nitrogens with one attached hydrogen (secondary N) is 1. The van der Waals surface area contributed by atoms with Crippen LogP contribution in [0.5, 0.6) is 5.75 Å². The van der Waals surface area contributed by atoms with Crippen LogP contribution in [0, 0.1) is 5.82 Å². The summed E-state index contributed by atoms with van der Waals surface area (Å²) >= 11 is 0. The van der Waals surface area contributed by atoms with E-state index in [2.05, 4.69) is 33.0 Å². The van der Waals surface area contributed by atoms with Gasteiger partial charge in [-0.3, -0.25) is 4.79 Å². The van der Waals surface area contributed by atoms with Crippen LogP contribution in [0.25, 0.3) is 11.0 Å².